The van der Waals surface area contributed by atoms with E-state index in [-0.39, 0.29) is 24.7 Å². The normalized spacial score (nSPS) is 21.1. The van der Waals surface area contributed by atoms with Crippen LogP contribution in [0.3, 0.4) is 0 Å². The van der Waals surface area contributed by atoms with Crippen LogP contribution < -0.4 is 4.74 Å². The Morgan fingerprint density at radius 1 is 1.19 bits per heavy atom. The molecule has 1 aliphatic heterocycles. The van der Waals surface area contributed by atoms with Crippen molar-refractivity contribution in [3.63, 3.8) is 0 Å². The van der Waals surface area contributed by atoms with Crippen LogP contribution in [-0.2, 0) is 19.1 Å². The van der Waals surface area contributed by atoms with Crippen molar-refractivity contribution >= 4 is 11.9 Å². The molecular weight excluding hydrogens is 346 g/mol. The van der Waals surface area contributed by atoms with E-state index < -0.39 is 12.1 Å². The van der Waals surface area contributed by atoms with E-state index in [1.54, 1.807) is 11.8 Å². The van der Waals surface area contributed by atoms with Crippen molar-refractivity contribution in [2.45, 2.75) is 65.8 Å². The SMILES string of the molecule is Cc1cc(OCC(=O)OC(C)C(=O)N2CC(C)OC(C)C2)ccc1C(C)C. The van der Waals surface area contributed by atoms with Gasteiger partial charge in [0.1, 0.15) is 5.75 Å². The van der Waals surface area contributed by atoms with Gasteiger partial charge in [-0.15, -0.1) is 0 Å². The van der Waals surface area contributed by atoms with Gasteiger partial charge in [-0.1, -0.05) is 19.9 Å². The van der Waals surface area contributed by atoms with E-state index in [2.05, 4.69) is 13.8 Å². The van der Waals surface area contributed by atoms with Crippen LogP contribution >= 0.6 is 0 Å². The first-order valence-corrected chi connectivity index (χ1v) is 9.54. The number of carbonyl (C=O) groups is 2. The zero-order valence-electron chi connectivity index (χ0n) is 17.2. The van der Waals surface area contributed by atoms with E-state index in [1.165, 1.54) is 5.56 Å². The topological polar surface area (TPSA) is 65.1 Å². The van der Waals surface area contributed by atoms with Crippen molar-refractivity contribution in [1.82, 2.24) is 4.90 Å². The quantitative estimate of drug-likeness (QED) is 0.713. The van der Waals surface area contributed by atoms with E-state index in [4.69, 9.17) is 14.2 Å². The lowest BCUT2D eigenvalue weighted by Crippen LogP contribution is -2.51. The Morgan fingerprint density at radius 2 is 1.81 bits per heavy atom. The Morgan fingerprint density at radius 3 is 2.37 bits per heavy atom. The lowest BCUT2D eigenvalue weighted by Gasteiger charge is -2.36. The second-order valence-corrected chi connectivity index (χ2v) is 7.59. The van der Waals surface area contributed by atoms with Gasteiger partial charge in [-0.3, -0.25) is 4.79 Å². The molecule has 3 atom stereocenters. The molecule has 1 saturated heterocycles. The molecule has 1 aromatic rings. The Hall–Kier alpha value is -2.08. The fourth-order valence-corrected chi connectivity index (χ4v) is 3.42. The zero-order chi connectivity index (χ0) is 20.1. The number of benzene rings is 1. The zero-order valence-corrected chi connectivity index (χ0v) is 17.2. The van der Waals surface area contributed by atoms with E-state index in [0.29, 0.717) is 24.8 Å². The summed E-state index contributed by atoms with van der Waals surface area (Å²) in [7, 11) is 0. The lowest BCUT2D eigenvalue weighted by molar-refractivity contribution is -0.165. The van der Waals surface area contributed by atoms with Crippen LogP contribution in [0.25, 0.3) is 0 Å². The molecule has 0 bridgehead atoms. The third kappa shape index (κ3) is 5.96. The predicted molar refractivity (Wildman–Crippen MR) is 103 cm³/mol. The molecule has 1 aliphatic rings. The third-order valence-electron chi connectivity index (χ3n) is 4.61. The van der Waals surface area contributed by atoms with Gasteiger partial charge in [-0.2, -0.15) is 0 Å². The molecule has 1 amide bonds. The highest BCUT2D eigenvalue weighted by Crippen LogP contribution is 2.23. The first-order chi connectivity index (χ1) is 12.7. The number of nitrogens with zero attached hydrogens (tertiary/aromatic N) is 1. The van der Waals surface area contributed by atoms with Crippen LogP contribution in [0.1, 0.15) is 51.7 Å². The minimum absolute atomic E-state index is 0.0269. The third-order valence-corrected chi connectivity index (χ3v) is 4.61. The van der Waals surface area contributed by atoms with Crippen molar-refractivity contribution in [3.8, 4) is 5.75 Å². The number of hydrogen-bond donors (Lipinski definition) is 0. The molecular formula is C21H31NO5. The van der Waals surface area contributed by atoms with Crippen molar-refractivity contribution < 1.29 is 23.8 Å². The summed E-state index contributed by atoms with van der Waals surface area (Å²) >= 11 is 0. The van der Waals surface area contributed by atoms with Gasteiger partial charge in [-0.05, 0) is 56.9 Å². The number of hydrogen-bond acceptors (Lipinski definition) is 5. The molecule has 1 aromatic carbocycles. The van der Waals surface area contributed by atoms with Crippen LogP contribution in [0.4, 0.5) is 0 Å². The molecule has 1 heterocycles. The predicted octanol–water partition coefficient (Wildman–Crippen LogP) is 3.06. The minimum atomic E-state index is -0.844. The maximum Gasteiger partial charge on any atom is 0.344 e. The van der Waals surface area contributed by atoms with Gasteiger partial charge in [0.2, 0.25) is 0 Å². The number of carbonyl (C=O) groups excluding carboxylic acids is 2. The molecule has 0 N–H and O–H groups in total. The number of esters is 1. The fourth-order valence-electron chi connectivity index (χ4n) is 3.42. The van der Waals surface area contributed by atoms with Crippen LogP contribution in [0, 0.1) is 6.92 Å². The number of aryl methyl sites for hydroxylation is 1. The first kappa shape index (κ1) is 21.2. The smallest absolute Gasteiger partial charge is 0.344 e. The van der Waals surface area contributed by atoms with E-state index in [1.807, 2.05) is 39.0 Å². The average molecular weight is 377 g/mol. The maximum absolute atomic E-state index is 12.5. The molecule has 0 spiro atoms. The molecule has 150 valence electrons. The largest absolute Gasteiger partial charge is 0.482 e. The van der Waals surface area contributed by atoms with Gasteiger partial charge in [0.15, 0.2) is 12.7 Å². The van der Waals surface area contributed by atoms with Crippen molar-refractivity contribution in [1.29, 1.82) is 0 Å². The van der Waals surface area contributed by atoms with Gasteiger partial charge >= 0.3 is 5.97 Å². The standard InChI is InChI=1S/C21H31NO5/c1-13(2)19-8-7-18(9-14(19)3)25-12-20(23)27-17(6)21(24)22-10-15(4)26-16(5)11-22/h7-9,13,15-17H,10-12H2,1-6H3. The maximum atomic E-state index is 12.5. The molecule has 3 unspecified atom stereocenters. The van der Waals surface area contributed by atoms with Crippen LogP contribution in [0.2, 0.25) is 0 Å². The van der Waals surface area contributed by atoms with E-state index >= 15 is 0 Å². The summed E-state index contributed by atoms with van der Waals surface area (Å²) in [6.07, 6.45) is -0.898. The minimum Gasteiger partial charge on any atom is -0.482 e. The van der Waals surface area contributed by atoms with Gasteiger partial charge in [0, 0.05) is 13.1 Å². The summed E-state index contributed by atoms with van der Waals surface area (Å²) in [6.45, 7) is 12.5. The first-order valence-electron chi connectivity index (χ1n) is 9.54. The van der Waals surface area contributed by atoms with Crippen molar-refractivity contribution in [3.05, 3.63) is 29.3 Å². The van der Waals surface area contributed by atoms with Crippen LogP contribution in [0.5, 0.6) is 5.75 Å². The highest BCUT2D eigenvalue weighted by Gasteiger charge is 2.30. The fraction of sp³-hybridized carbons (Fsp3) is 0.619. The Kier molecular flexibility index (Phi) is 7.25. The van der Waals surface area contributed by atoms with Gasteiger partial charge in [-0.25, -0.2) is 4.79 Å². The monoisotopic (exact) mass is 377 g/mol. The van der Waals surface area contributed by atoms with Crippen LogP contribution in [-0.4, -0.2) is 54.8 Å². The molecule has 0 aliphatic carbocycles. The Bertz CT molecular complexity index is 663. The summed E-state index contributed by atoms with van der Waals surface area (Å²) in [4.78, 5) is 26.2. The lowest BCUT2D eigenvalue weighted by atomic mass is 9.98. The summed E-state index contributed by atoms with van der Waals surface area (Å²) in [5, 5.41) is 0. The Labute approximate surface area is 161 Å². The molecule has 6 nitrogen and oxygen atoms in total. The second kappa shape index (κ2) is 9.22. The molecule has 1 fully saturated rings. The van der Waals surface area contributed by atoms with Crippen LogP contribution in [0.15, 0.2) is 18.2 Å². The molecule has 6 heteroatoms. The second-order valence-electron chi connectivity index (χ2n) is 7.59. The molecule has 0 radical (unpaired) electrons. The summed E-state index contributed by atoms with van der Waals surface area (Å²) in [5.41, 5.74) is 2.37. The van der Waals surface area contributed by atoms with E-state index in [0.717, 1.165) is 5.56 Å². The number of ether oxygens (including phenoxy) is 3. The van der Waals surface area contributed by atoms with Gasteiger partial charge in [0.25, 0.3) is 5.91 Å². The highest BCUT2D eigenvalue weighted by molar-refractivity contribution is 5.84. The van der Waals surface area contributed by atoms with Crippen molar-refractivity contribution in [2.24, 2.45) is 0 Å². The van der Waals surface area contributed by atoms with Gasteiger partial charge < -0.3 is 19.1 Å². The molecule has 0 saturated carbocycles. The summed E-state index contributed by atoms with van der Waals surface area (Å²) in [6, 6.07) is 5.77. The van der Waals surface area contributed by atoms with Crippen molar-refractivity contribution in [2.75, 3.05) is 19.7 Å². The molecule has 2 rings (SSSR count). The van der Waals surface area contributed by atoms with E-state index in [9.17, 15) is 9.59 Å². The molecule has 0 aromatic heterocycles. The summed E-state index contributed by atoms with van der Waals surface area (Å²) in [5.74, 6) is 0.281. The van der Waals surface area contributed by atoms with Gasteiger partial charge in [0.05, 0.1) is 12.2 Å². The number of rotatable bonds is 6. The highest BCUT2D eigenvalue weighted by atomic mass is 16.6. The molecule has 27 heavy (non-hydrogen) atoms. The number of amides is 1. The average Bonchev–Trinajstić information content (AvgIpc) is 2.58. The Balaban J connectivity index is 1.84. The number of morpholine rings is 1. The summed E-state index contributed by atoms with van der Waals surface area (Å²) < 4.78 is 16.4.